The maximum atomic E-state index is 11.8. The van der Waals surface area contributed by atoms with E-state index in [4.69, 9.17) is 9.47 Å². The number of nitrogens with zero attached hydrogens (tertiary/aromatic N) is 1. The van der Waals surface area contributed by atoms with Crippen molar-refractivity contribution in [1.82, 2.24) is 0 Å². The molecule has 1 N–H and O–H groups in total. The van der Waals surface area contributed by atoms with Crippen LogP contribution in [0.25, 0.3) is 0 Å². The lowest BCUT2D eigenvalue weighted by Gasteiger charge is -2.14. The molecule has 0 saturated heterocycles. The minimum Gasteiger partial charge on any atom is -0.459 e. The van der Waals surface area contributed by atoms with Crippen LogP contribution in [0.5, 0.6) is 0 Å². The zero-order valence-corrected chi connectivity index (χ0v) is 12.3. The predicted molar refractivity (Wildman–Crippen MR) is 79.7 cm³/mol. The van der Waals surface area contributed by atoms with E-state index in [0.717, 1.165) is 11.6 Å². The number of isocyanates is 1. The summed E-state index contributed by atoms with van der Waals surface area (Å²) in [6, 6.07) is 4.83. The molecule has 1 aromatic carbocycles. The van der Waals surface area contributed by atoms with E-state index in [-0.39, 0.29) is 6.61 Å². The molecule has 0 aromatic heterocycles. The Morgan fingerprint density at radius 2 is 2.23 bits per heavy atom. The normalized spacial score (nSPS) is 10.8. The fraction of sp³-hybridized carbons (Fsp3) is 0.267. The van der Waals surface area contributed by atoms with Gasteiger partial charge in [0.2, 0.25) is 6.08 Å². The van der Waals surface area contributed by atoms with E-state index in [1.54, 1.807) is 26.0 Å². The number of carbonyl (C=O) groups is 2. The summed E-state index contributed by atoms with van der Waals surface area (Å²) >= 11 is 0. The summed E-state index contributed by atoms with van der Waals surface area (Å²) in [6.45, 7) is 6.54. The summed E-state index contributed by atoms with van der Waals surface area (Å²) in [4.78, 5) is 36.4. The first kappa shape index (κ1) is 17.1. The smallest absolute Gasteiger partial charge is 0.412 e. The fourth-order valence-electron chi connectivity index (χ4n) is 1.48. The van der Waals surface area contributed by atoms with Gasteiger partial charge in [-0.05, 0) is 31.5 Å². The molecule has 0 bridgehead atoms. The van der Waals surface area contributed by atoms with Crippen molar-refractivity contribution in [3.05, 3.63) is 36.4 Å². The molecule has 1 amide bonds. The first-order valence-corrected chi connectivity index (χ1v) is 6.41. The number of amides is 1. The third-order valence-electron chi connectivity index (χ3n) is 2.57. The van der Waals surface area contributed by atoms with Crippen LogP contribution in [-0.2, 0) is 19.1 Å². The van der Waals surface area contributed by atoms with E-state index in [9.17, 15) is 14.4 Å². The molecule has 0 heterocycles. The Kier molecular flexibility index (Phi) is 6.53. The molecule has 1 unspecified atom stereocenters. The van der Waals surface area contributed by atoms with E-state index >= 15 is 0 Å². The SMILES string of the molecule is C=CC(=O)OCC(C)OC(=O)Nc1cc(N=C=O)ccc1C. The maximum absolute atomic E-state index is 11.8. The van der Waals surface area contributed by atoms with Gasteiger partial charge in [0.05, 0.1) is 5.69 Å². The van der Waals surface area contributed by atoms with Gasteiger partial charge in [-0.3, -0.25) is 5.32 Å². The lowest BCUT2D eigenvalue weighted by Crippen LogP contribution is -2.25. The highest BCUT2D eigenvalue weighted by Crippen LogP contribution is 2.22. The Balaban J connectivity index is 2.61. The minimum absolute atomic E-state index is 0.0767. The average Bonchev–Trinajstić information content (AvgIpc) is 2.48. The van der Waals surface area contributed by atoms with E-state index in [2.05, 4.69) is 16.9 Å². The molecule has 1 rings (SSSR count). The second-order valence-electron chi connectivity index (χ2n) is 4.38. The number of aryl methyl sites for hydroxylation is 1. The quantitative estimate of drug-likeness (QED) is 0.377. The van der Waals surface area contributed by atoms with Gasteiger partial charge in [0.15, 0.2) is 0 Å². The lowest BCUT2D eigenvalue weighted by atomic mass is 10.2. The van der Waals surface area contributed by atoms with E-state index in [0.29, 0.717) is 11.4 Å². The van der Waals surface area contributed by atoms with Gasteiger partial charge >= 0.3 is 12.1 Å². The number of ether oxygens (including phenoxy) is 2. The number of hydrogen-bond acceptors (Lipinski definition) is 6. The van der Waals surface area contributed by atoms with Crippen LogP contribution >= 0.6 is 0 Å². The number of hydrogen-bond donors (Lipinski definition) is 1. The first-order valence-electron chi connectivity index (χ1n) is 6.41. The highest BCUT2D eigenvalue weighted by molar-refractivity contribution is 5.86. The van der Waals surface area contributed by atoms with Crippen LogP contribution < -0.4 is 5.32 Å². The van der Waals surface area contributed by atoms with Crippen LogP contribution in [0.3, 0.4) is 0 Å². The van der Waals surface area contributed by atoms with Crippen molar-refractivity contribution in [1.29, 1.82) is 0 Å². The number of benzene rings is 1. The zero-order chi connectivity index (χ0) is 16.5. The summed E-state index contributed by atoms with van der Waals surface area (Å²) in [6.07, 6.45) is 1.11. The summed E-state index contributed by atoms with van der Waals surface area (Å²) in [5.74, 6) is -0.592. The summed E-state index contributed by atoms with van der Waals surface area (Å²) in [7, 11) is 0. The summed E-state index contributed by atoms with van der Waals surface area (Å²) in [5, 5.41) is 2.53. The molecule has 0 aliphatic rings. The van der Waals surface area contributed by atoms with Crippen LogP contribution in [0.2, 0.25) is 0 Å². The lowest BCUT2D eigenvalue weighted by molar-refractivity contribution is -0.140. The van der Waals surface area contributed by atoms with Crippen LogP contribution in [0.15, 0.2) is 35.8 Å². The molecule has 0 fully saturated rings. The van der Waals surface area contributed by atoms with Gasteiger partial charge in [-0.1, -0.05) is 12.6 Å². The second kappa shape index (κ2) is 8.39. The van der Waals surface area contributed by atoms with Crippen molar-refractivity contribution < 1.29 is 23.9 Å². The minimum atomic E-state index is -0.711. The molecule has 0 saturated carbocycles. The monoisotopic (exact) mass is 304 g/mol. The maximum Gasteiger partial charge on any atom is 0.412 e. The molecule has 0 radical (unpaired) electrons. The number of carbonyl (C=O) groups excluding carboxylic acids is 3. The van der Waals surface area contributed by atoms with Crippen molar-refractivity contribution in [2.45, 2.75) is 20.0 Å². The third-order valence-corrected chi connectivity index (χ3v) is 2.57. The molecule has 0 spiro atoms. The van der Waals surface area contributed by atoms with Crippen molar-refractivity contribution in [3.63, 3.8) is 0 Å². The van der Waals surface area contributed by atoms with Crippen molar-refractivity contribution in [3.8, 4) is 0 Å². The molecule has 1 aromatic rings. The van der Waals surface area contributed by atoms with E-state index < -0.39 is 18.2 Å². The van der Waals surface area contributed by atoms with Gasteiger partial charge in [-0.2, -0.15) is 4.99 Å². The van der Waals surface area contributed by atoms with Gasteiger partial charge in [0, 0.05) is 11.8 Å². The molecular weight excluding hydrogens is 288 g/mol. The Morgan fingerprint density at radius 3 is 2.86 bits per heavy atom. The molecule has 0 aliphatic heterocycles. The Bertz CT molecular complexity index is 620. The Hall–Kier alpha value is -2.92. The highest BCUT2D eigenvalue weighted by atomic mass is 16.6. The molecule has 0 aliphatic carbocycles. The van der Waals surface area contributed by atoms with Gasteiger partial charge < -0.3 is 9.47 Å². The first-order chi connectivity index (χ1) is 10.5. The Labute approximate surface area is 127 Å². The Morgan fingerprint density at radius 1 is 1.50 bits per heavy atom. The second-order valence-corrected chi connectivity index (χ2v) is 4.38. The van der Waals surface area contributed by atoms with Gasteiger partial charge in [-0.15, -0.1) is 0 Å². The number of rotatable bonds is 6. The molecule has 7 heteroatoms. The molecule has 1 atom stereocenters. The van der Waals surface area contributed by atoms with Crippen molar-refractivity contribution in [2.24, 2.45) is 4.99 Å². The summed E-state index contributed by atoms with van der Waals surface area (Å²) in [5.41, 5.74) is 1.59. The fourth-order valence-corrected chi connectivity index (χ4v) is 1.48. The van der Waals surface area contributed by atoms with E-state index in [1.807, 2.05) is 0 Å². The van der Waals surface area contributed by atoms with Crippen LogP contribution in [-0.4, -0.2) is 30.9 Å². The number of nitrogens with one attached hydrogen (secondary N) is 1. The third kappa shape index (κ3) is 5.60. The molecule has 116 valence electrons. The van der Waals surface area contributed by atoms with Crippen molar-refractivity contribution >= 4 is 29.5 Å². The van der Waals surface area contributed by atoms with Crippen LogP contribution in [0, 0.1) is 6.92 Å². The highest BCUT2D eigenvalue weighted by Gasteiger charge is 2.12. The average molecular weight is 304 g/mol. The van der Waals surface area contributed by atoms with Gasteiger partial charge in [0.25, 0.3) is 0 Å². The van der Waals surface area contributed by atoms with Crippen molar-refractivity contribution in [2.75, 3.05) is 11.9 Å². The molecule has 22 heavy (non-hydrogen) atoms. The number of esters is 1. The van der Waals surface area contributed by atoms with Crippen LogP contribution in [0.1, 0.15) is 12.5 Å². The molecular formula is C15H16N2O5. The standard InChI is InChI=1S/C15H16N2O5/c1-4-14(19)21-8-11(3)22-15(20)17-13-7-12(16-9-18)6-5-10(13)2/h4-7,11H,1,8H2,2-3H3,(H,17,20). The topological polar surface area (TPSA) is 94.1 Å². The van der Waals surface area contributed by atoms with Crippen LogP contribution in [0.4, 0.5) is 16.2 Å². The van der Waals surface area contributed by atoms with E-state index in [1.165, 1.54) is 12.1 Å². The predicted octanol–water partition coefficient (Wildman–Crippen LogP) is 2.63. The number of anilines is 1. The summed E-state index contributed by atoms with van der Waals surface area (Å²) < 4.78 is 9.79. The van der Waals surface area contributed by atoms with Gasteiger partial charge in [0.1, 0.15) is 12.7 Å². The number of aliphatic imine (C=N–C) groups is 1. The molecule has 7 nitrogen and oxygen atoms in total. The van der Waals surface area contributed by atoms with Gasteiger partial charge in [-0.25, -0.2) is 14.4 Å². The zero-order valence-electron chi connectivity index (χ0n) is 12.3. The largest absolute Gasteiger partial charge is 0.459 e.